The second-order valence-electron chi connectivity index (χ2n) is 12.3. The van der Waals surface area contributed by atoms with Crippen LogP contribution in [-0.4, -0.2) is 26.2 Å². The Kier molecular flexibility index (Phi) is 11.2. The summed E-state index contributed by atoms with van der Waals surface area (Å²) < 4.78 is 0. The Bertz CT molecular complexity index is 1650. The summed E-state index contributed by atoms with van der Waals surface area (Å²) in [5.41, 5.74) is 13.1. The van der Waals surface area contributed by atoms with Gasteiger partial charge in [-0.3, -0.25) is 0 Å². The van der Waals surface area contributed by atoms with Crippen LogP contribution < -0.4 is 14.7 Å². The Balaban J connectivity index is 1.48. The van der Waals surface area contributed by atoms with Gasteiger partial charge in [-0.15, -0.1) is 0 Å². The molecule has 0 aliphatic rings. The molecule has 5 aromatic carbocycles. The monoisotopic (exact) mass is 609 g/mol. The molecule has 1 unspecified atom stereocenters. The van der Waals surface area contributed by atoms with E-state index in [0.29, 0.717) is 0 Å². The summed E-state index contributed by atoms with van der Waals surface area (Å²) in [6, 6.07) is 45.3. The average molecular weight is 610 g/mol. The molecule has 0 spiro atoms. The van der Waals surface area contributed by atoms with Crippen LogP contribution in [0.5, 0.6) is 0 Å². The predicted molar refractivity (Wildman–Crippen MR) is 200 cm³/mol. The molecule has 0 aromatic heterocycles. The van der Waals surface area contributed by atoms with Crippen molar-refractivity contribution in [1.29, 1.82) is 0 Å². The minimum atomic E-state index is 0.143. The van der Waals surface area contributed by atoms with Crippen LogP contribution in [0.25, 0.3) is 0 Å². The Labute approximate surface area is 278 Å². The number of benzene rings is 5. The van der Waals surface area contributed by atoms with E-state index in [1.54, 1.807) is 0 Å². The van der Waals surface area contributed by atoms with Crippen molar-refractivity contribution >= 4 is 17.1 Å². The van der Waals surface area contributed by atoms with Gasteiger partial charge in [0.1, 0.15) is 0 Å². The Morgan fingerprint density at radius 2 is 0.957 bits per heavy atom. The Hall–Kier alpha value is -4.50. The SMILES string of the molecule is CCN(CC)c1ccc(C(c2ccc(N(CC)Cc3ccccc3)cc2)c2ccc(N(CC)Cc3cccc(C)c3)cc2)c(C)c1. The molecule has 0 amide bonds. The molecule has 0 saturated heterocycles. The molecule has 5 aromatic rings. The fraction of sp³-hybridized carbons (Fsp3) is 0.302. The molecule has 46 heavy (non-hydrogen) atoms. The first-order valence-corrected chi connectivity index (χ1v) is 17.1. The maximum Gasteiger partial charge on any atom is 0.0429 e. The van der Waals surface area contributed by atoms with Crippen LogP contribution >= 0.6 is 0 Å². The zero-order valence-electron chi connectivity index (χ0n) is 28.7. The third kappa shape index (κ3) is 7.83. The van der Waals surface area contributed by atoms with Crippen molar-refractivity contribution in [3.8, 4) is 0 Å². The third-order valence-corrected chi connectivity index (χ3v) is 9.31. The van der Waals surface area contributed by atoms with Crippen molar-refractivity contribution in [2.24, 2.45) is 0 Å². The van der Waals surface area contributed by atoms with E-state index in [4.69, 9.17) is 0 Å². The third-order valence-electron chi connectivity index (χ3n) is 9.31. The summed E-state index contributed by atoms with van der Waals surface area (Å²) in [7, 11) is 0. The topological polar surface area (TPSA) is 9.72 Å². The highest BCUT2D eigenvalue weighted by Crippen LogP contribution is 2.37. The van der Waals surface area contributed by atoms with Crippen LogP contribution in [0.3, 0.4) is 0 Å². The van der Waals surface area contributed by atoms with Gasteiger partial charge in [-0.05, 0) is 111 Å². The van der Waals surface area contributed by atoms with E-state index in [9.17, 15) is 0 Å². The normalized spacial score (nSPS) is 11.7. The van der Waals surface area contributed by atoms with Crippen LogP contribution in [0.2, 0.25) is 0 Å². The van der Waals surface area contributed by atoms with Crippen LogP contribution in [0.1, 0.15) is 72.6 Å². The van der Waals surface area contributed by atoms with Crippen molar-refractivity contribution in [3.63, 3.8) is 0 Å². The van der Waals surface area contributed by atoms with Gasteiger partial charge < -0.3 is 14.7 Å². The van der Waals surface area contributed by atoms with E-state index in [1.807, 2.05) is 0 Å². The zero-order chi connectivity index (χ0) is 32.5. The summed E-state index contributed by atoms with van der Waals surface area (Å²) in [4.78, 5) is 7.33. The molecular formula is C43H51N3. The molecular weight excluding hydrogens is 558 g/mol. The van der Waals surface area contributed by atoms with Gasteiger partial charge in [-0.25, -0.2) is 0 Å². The number of hydrogen-bond acceptors (Lipinski definition) is 3. The van der Waals surface area contributed by atoms with Crippen LogP contribution in [0, 0.1) is 13.8 Å². The molecule has 0 N–H and O–H groups in total. The lowest BCUT2D eigenvalue weighted by Gasteiger charge is -2.27. The fourth-order valence-electron chi connectivity index (χ4n) is 6.68. The molecule has 0 bridgehead atoms. The lowest BCUT2D eigenvalue weighted by Crippen LogP contribution is -2.22. The van der Waals surface area contributed by atoms with E-state index in [1.165, 1.54) is 56.0 Å². The second-order valence-corrected chi connectivity index (χ2v) is 12.3. The summed E-state index contributed by atoms with van der Waals surface area (Å²) in [5, 5.41) is 0. The fourth-order valence-corrected chi connectivity index (χ4v) is 6.68. The smallest absolute Gasteiger partial charge is 0.0429 e. The molecule has 0 heterocycles. The molecule has 0 saturated carbocycles. The first-order chi connectivity index (χ1) is 22.4. The van der Waals surface area contributed by atoms with Gasteiger partial charge in [0.25, 0.3) is 0 Å². The van der Waals surface area contributed by atoms with E-state index in [2.05, 4.69) is 178 Å². The molecule has 0 aliphatic carbocycles. The van der Waals surface area contributed by atoms with Crippen molar-refractivity contribution in [2.45, 2.75) is 60.5 Å². The van der Waals surface area contributed by atoms with Crippen molar-refractivity contribution < 1.29 is 0 Å². The minimum Gasteiger partial charge on any atom is -0.372 e. The van der Waals surface area contributed by atoms with E-state index >= 15 is 0 Å². The van der Waals surface area contributed by atoms with Gasteiger partial charge in [0, 0.05) is 62.2 Å². The number of aryl methyl sites for hydroxylation is 2. The molecule has 3 heteroatoms. The van der Waals surface area contributed by atoms with E-state index in [-0.39, 0.29) is 5.92 Å². The van der Waals surface area contributed by atoms with Crippen LogP contribution in [0.15, 0.2) is 121 Å². The molecule has 238 valence electrons. The highest BCUT2D eigenvalue weighted by molar-refractivity contribution is 5.58. The number of rotatable bonds is 14. The summed E-state index contributed by atoms with van der Waals surface area (Å²) in [6.07, 6.45) is 0. The van der Waals surface area contributed by atoms with Gasteiger partial charge in [0.2, 0.25) is 0 Å². The summed E-state index contributed by atoms with van der Waals surface area (Å²) >= 11 is 0. The predicted octanol–water partition coefficient (Wildman–Crippen LogP) is 10.4. The van der Waals surface area contributed by atoms with Crippen LogP contribution in [-0.2, 0) is 13.1 Å². The first kappa shape index (κ1) is 32.9. The minimum absolute atomic E-state index is 0.143. The average Bonchev–Trinajstić information content (AvgIpc) is 3.09. The van der Waals surface area contributed by atoms with Gasteiger partial charge in [0.15, 0.2) is 0 Å². The Morgan fingerprint density at radius 3 is 1.46 bits per heavy atom. The van der Waals surface area contributed by atoms with Crippen molar-refractivity contribution in [1.82, 2.24) is 0 Å². The van der Waals surface area contributed by atoms with Gasteiger partial charge in [-0.1, -0.05) is 90.5 Å². The number of nitrogens with zero attached hydrogens (tertiary/aromatic N) is 3. The molecule has 0 fully saturated rings. The molecule has 0 radical (unpaired) electrons. The quantitative estimate of drug-likeness (QED) is 0.116. The largest absolute Gasteiger partial charge is 0.372 e. The zero-order valence-corrected chi connectivity index (χ0v) is 28.7. The lowest BCUT2D eigenvalue weighted by atomic mass is 9.82. The summed E-state index contributed by atoms with van der Waals surface area (Å²) in [6.45, 7) is 19.1. The summed E-state index contributed by atoms with van der Waals surface area (Å²) in [5.74, 6) is 0.143. The molecule has 3 nitrogen and oxygen atoms in total. The van der Waals surface area contributed by atoms with Gasteiger partial charge >= 0.3 is 0 Å². The maximum absolute atomic E-state index is 2.46. The van der Waals surface area contributed by atoms with Crippen molar-refractivity contribution in [3.05, 3.63) is 160 Å². The van der Waals surface area contributed by atoms with E-state index < -0.39 is 0 Å². The van der Waals surface area contributed by atoms with Crippen LogP contribution in [0.4, 0.5) is 17.1 Å². The number of hydrogen-bond donors (Lipinski definition) is 0. The standard InChI is InChI=1S/C43H51N3/c1-7-44(8-2)41-27-28-42(34(6)30-41)43(37-19-23-39(24-20-37)45(9-3)31-35-16-12-11-13-17-35)38-21-25-40(26-22-38)46(10-4)32-36-18-14-15-33(5)29-36/h11-30,43H,7-10,31-32H2,1-6H3. The second kappa shape index (κ2) is 15.7. The molecule has 0 aliphatic heterocycles. The number of anilines is 3. The lowest BCUT2D eigenvalue weighted by molar-refractivity contribution is 0.829. The van der Waals surface area contributed by atoms with Gasteiger partial charge in [0.05, 0.1) is 0 Å². The maximum atomic E-state index is 2.46. The van der Waals surface area contributed by atoms with E-state index in [0.717, 1.165) is 39.3 Å². The Morgan fingerprint density at radius 1 is 0.457 bits per heavy atom. The molecule has 5 rings (SSSR count). The first-order valence-electron chi connectivity index (χ1n) is 17.1. The highest BCUT2D eigenvalue weighted by Gasteiger charge is 2.21. The molecule has 1 atom stereocenters. The van der Waals surface area contributed by atoms with Gasteiger partial charge in [-0.2, -0.15) is 0 Å². The van der Waals surface area contributed by atoms with Crippen molar-refractivity contribution in [2.75, 3.05) is 40.9 Å². The highest BCUT2D eigenvalue weighted by atomic mass is 15.1.